The Morgan fingerprint density at radius 1 is 1.26 bits per heavy atom. The highest BCUT2D eigenvalue weighted by Gasteiger charge is 2.37. The van der Waals surface area contributed by atoms with Crippen LogP contribution in [0.15, 0.2) is 29.2 Å². The number of hydrogen-bond acceptors (Lipinski definition) is 3. The average Bonchev–Trinajstić information content (AvgIpc) is 2.75. The molecule has 6 heteroatoms. The Bertz CT molecular complexity index is 527. The summed E-state index contributed by atoms with van der Waals surface area (Å²) >= 11 is 0. The molecule has 0 bridgehead atoms. The molecule has 0 radical (unpaired) electrons. The largest absolute Gasteiger partial charge is 0.321 e. The molecular formula is C13H18N4O2. The fraction of sp³-hybridized carbons (Fsp3) is 0.538. The maximum absolute atomic E-state index is 12.2. The number of rotatable bonds is 3. The van der Waals surface area contributed by atoms with Gasteiger partial charge in [-0.2, -0.15) is 0 Å². The molecule has 0 saturated carbocycles. The first-order chi connectivity index (χ1) is 9.25. The van der Waals surface area contributed by atoms with E-state index in [0.717, 1.165) is 26.2 Å². The first-order valence-corrected chi connectivity index (χ1v) is 6.67. The van der Waals surface area contributed by atoms with Gasteiger partial charge in [0.05, 0.1) is 6.04 Å². The monoisotopic (exact) mass is 262 g/mol. The average molecular weight is 262 g/mol. The van der Waals surface area contributed by atoms with E-state index in [4.69, 9.17) is 0 Å². The molecular weight excluding hydrogens is 244 g/mol. The number of piperazine rings is 1. The Balaban J connectivity index is 1.63. The number of amides is 2. The predicted octanol–water partition coefficient (Wildman–Crippen LogP) is -0.442. The number of hydrogen-bond donors (Lipinski definition) is 1. The van der Waals surface area contributed by atoms with Crippen LogP contribution in [0.1, 0.15) is 0 Å². The second kappa shape index (κ2) is 5.05. The highest BCUT2D eigenvalue weighted by molar-refractivity contribution is 5.77. The molecule has 2 fully saturated rings. The van der Waals surface area contributed by atoms with Gasteiger partial charge in [-0.15, -0.1) is 0 Å². The lowest BCUT2D eigenvalue weighted by Gasteiger charge is -2.28. The van der Waals surface area contributed by atoms with Crippen molar-refractivity contribution in [2.24, 2.45) is 0 Å². The number of carbonyl (C=O) groups is 1. The second-order valence-electron chi connectivity index (χ2n) is 5.01. The Kier molecular flexibility index (Phi) is 3.25. The van der Waals surface area contributed by atoms with E-state index in [1.807, 2.05) is 15.9 Å². The van der Waals surface area contributed by atoms with Crippen LogP contribution >= 0.6 is 0 Å². The summed E-state index contributed by atoms with van der Waals surface area (Å²) in [5, 5.41) is 3.30. The summed E-state index contributed by atoms with van der Waals surface area (Å²) in [4.78, 5) is 27.6. The Morgan fingerprint density at radius 2 is 2.16 bits per heavy atom. The van der Waals surface area contributed by atoms with Crippen molar-refractivity contribution in [3.8, 4) is 0 Å². The predicted molar refractivity (Wildman–Crippen MR) is 71.0 cm³/mol. The van der Waals surface area contributed by atoms with Gasteiger partial charge in [-0.1, -0.05) is 6.07 Å². The molecule has 3 heterocycles. The molecule has 2 saturated heterocycles. The van der Waals surface area contributed by atoms with Gasteiger partial charge in [0, 0.05) is 51.5 Å². The van der Waals surface area contributed by atoms with Crippen LogP contribution in [0.2, 0.25) is 0 Å². The molecule has 102 valence electrons. The fourth-order valence-electron chi connectivity index (χ4n) is 2.75. The summed E-state index contributed by atoms with van der Waals surface area (Å²) in [7, 11) is 0. The van der Waals surface area contributed by atoms with Crippen LogP contribution < -0.4 is 10.9 Å². The van der Waals surface area contributed by atoms with Gasteiger partial charge >= 0.3 is 6.03 Å². The van der Waals surface area contributed by atoms with E-state index in [-0.39, 0.29) is 17.6 Å². The highest BCUT2D eigenvalue weighted by Crippen LogP contribution is 2.16. The number of carbonyl (C=O) groups excluding carboxylic acids is 1. The molecule has 1 aromatic rings. The van der Waals surface area contributed by atoms with Gasteiger partial charge < -0.3 is 19.7 Å². The van der Waals surface area contributed by atoms with Crippen molar-refractivity contribution in [2.75, 3.05) is 32.7 Å². The van der Waals surface area contributed by atoms with Crippen molar-refractivity contribution in [3.05, 3.63) is 34.7 Å². The zero-order valence-electron chi connectivity index (χ0n) is 10.8. The van der Waals surface area contributed by atoms with E-state index in [9.17, 15) is 9.59 Å². The molecule has 2 aliphatic heterocycles. The van der Waals surface area contributed by atoms with Crippen molar-refractivity contribution in [2.45, 2.75) is 12.6 Å². The number of nitrogens with zero attached hydrogens (tertiary/aromatic N) is 3. The van der Waals surface area contributed by atoms with Gasteiger partial charge in [0.25, 0.3) is 5.56 Å². The number of fused-ring (bicyclic) bond motifs is 1. The minimum absolute atomic E-state index is 0.0199. The van der Waals surface area contributed by atoms with Crippen molar-refractivity contribution >= 4 is 6.03 Å². The van der Waals surface area contributed by atoms with Crippen LogP contribution in [0.4, 0.5) is 4.79 Å². The molecule has 6 nitrogen and oxygen atoms in total. The van der Waals surface area contributed by atoms with Crippen molar-refractivity contribution in [1.82, 2.24) is 19.7 Å². The van der Waals surface area contributed by atoms with Crippen LogP contribution in [0.5, 0.6) is 0 Å². The third-order valence-electron chi connectivity index (χ3n) is 3.81. The van der Waals surface area contributed by atoms with Crippen LogP contribution in [0, 0.1) is 0 Å². The summed E-state index contributed by atoms with van der Waals surface area (Å²) in [6.45, 7) is 4.43. The Morgan fingerprint density at radius 3 is 2.95 bits per heavy atom. The van der Waals surface area contributed by atoms with Crippen LogP contribution in [0.25, 0.3) is 0 Å². The van der Waals surface area contributed by atoms with Crippen LogP contribution in [0.3, 0.4) is 0 Å². The number of aromatic nitrogens is 1. The molecule has 0 spiro atoms. The molecule has 3 rings (SSSR count). The van der Waals surface area contributed by atoms with Crippen molar-refractivity contribution < 1.29 is 4.79 Å². The van der Waals surface area contributed by atoms with Crippen LogP contribution in [-0.4, -0.2) is 59.2 Å². The number of nitrogens with one attached hydrogen (secondary N) is 1. The molecule has 2 amide bonds. The van der Waals surface area contributed by atoms with Crippen molar-refractivity contribution in [1.29, 1.82) is 0 Å². The van der Waals surface area contributed by atoms with E-state index in [0.29, 0.717) is 13.1 Å². The van der Waals surface area contributed by atoms with Gasteiger partial charge in [-0.25, -0.2) is 4.79 Å². The van der Waals surface area contributed by atoms with Gasteiger partial charge in [-0.3, -0.25) is 4.79 Å². The minimum atomic E-state index is -0.0199. The second-order valence-corrected chi connectivity index (χ2v) is 5.01. The van der Waals surface area contributed by atoms with Gasteiger partial charge in [-0.05, 0) is 6.07 Å². The van der Waals surface area contributed by atoms with E-state index in [1.165, 1.54) is 0 Å². The molecule has 1 aromatic heterocycles. The Labute approximate surface area is 111 Å². The van der Waals surface area contributed by atoms with Crippen LogP contribution in [-0.2, 0) is 6.54 Å². The SMILES string of the molecule is O=C1N(CCn2ccccc2=O)CC2CNCCN12. The fourth-order valence-corrected chi connectivity index (χ4v) is 2.75. The zero-order chi connectivity index (χ0) is 13.2. The summed E-state index contributed by atoms with van der Waals surface area (Å²) < 4.78 is 1.64. The summed E-state index contributed by atoms with van der Waals surface area (Å²) in [6, 6.07) is 5.50. The summed E-state index contributed by atoms with van der Waals surface area (Å²) in [5.74, 6) is 0. The van der Waals surface area contributed by atoms with E-state index in [2.05, 4.69) is 5.32 Å². The number of pyridine rings is 1. The first kappa shape index (κ1) is 12.2. The molecule has 19 heavy (non-hydrogen) atoms. The smallest absolute Gasteiger partial charge is 0.320 e. The normalized spacial score (nSPS) is 22.7. The quantitative estimate of drug-likeness (QED) is 0.803. The maximum atomic E-state index is 12.2. The molecule has 0 aromatic carbocycles. The lowest BCUT2D eigenvalue weighted by Crippen LogP contribution is -2.49. The summed E-state index contributed by atoms with van der Waals surface area (Å²) in [5.41, 5.74) is -0.0199. The van der Waals surface area contributed by atoms with Gasteiger partial charge in [0.1, 0.15) is 0 Å². The lowest BCUT2D eigenvalue weighted by atomic mass is 10.2. The minimum Gasteiger partial charge on any atom is -0.321 e. The molecule has 1 N–H and O–H groups in total. The highest BCUT2D eigenvalue weighted by atomic mass is 16.2. The molecule has 1 unspecified atom stereocenters. The van der Waals surface area contributed by atoms with Gasteiger partial charge in [0.2, 0.25) is 0 Å². The van der Waals surface area contributed by atoms with Crippen molar-refractivity contribution in [3.63, 3.8) is 0 Å². The molecule has 1 atom stereocenters. The number of urea groups is 1. The molecule has 2 aliphatic rings. The standard InChI is InChI=1S/C13H18N4O2/c18-12-3-1-2-5-15(12)7-8-16-10-11-9-14-4-6-17(11)13(16)19/h1-3,5,11,14H,4,6-10H2. The van der Waals surface area contributed by atoms with E-state index in [1.54, 1.807) is 22.9 Å². The first-order valence-electron chi connectivity index (χ1n) is 6.67. The lowest BCUT2D eigenvalue weighted by molar-refractivity contribution is 0.178. The molecule has 0 aliphatic carbocycles. The van der Waals surface area contributed by atoms with E-state index >= 15 is 0 Å². The zero-order valence-corrected chi connectivity index (χ0v) is 10.8. The maximum Gasteiger partial charge on any atom is 0.320 e. The third-order valence-corrected chi connectivity index (χ3v) is 3.81. The summed E-state index contributed by atoms with van der Waals surface area (Å²) in [6.07, 6.45) is 1.76. The Hall–Kier alpha value is -1.82. The van der Waals surface area contributed by atoms with E-state index < -0.39 is 0 Å². The van der Waals surface area contributed by atoms with Gasteiger partial charge in [0.15, 0.2) is 0 Å². The topological polar surface area (TPSA) is 57.6 Å². The third kappa shape index (κ3) is 2.35.